The lowest BCUT2D eigenvalue weighted by molar-refractivity contribution is -0.161. The van der Waals surface area contributed by atoms with Gasteiger partial charge in [0.15, 0.2) is 0 Å². The van der Waals surface area contributed by atoms with Gasteiger partial charge in [0.1, 0.15) is 23.7 Å². The number of likely N-dealkylation sites (tertiary alicyclic amines) is 1. The Balaban J connectivity index is 1.45. The first-order valence-corrected chi connectivity index (χ1v) is 16.1. The van der Waals surface area contributed by atoms with Gasteiger partial charge >= 0.3 is 5.97 Å². The van der Waals surface area contributed by atoms with Gasteiger partial charge in [0, 0.05) is 26.1 Å². The smallest absolute Gasteiger partial charge is 0.313 e. The quantitative estimate of drug-likeness (QED) is 0.375. The molecule has 3 amide bonds. The average Bonchev–Trinajstić information content (AvgIpc) is 3.42. The van der Waals surface area contributed by atoms with Crippen molar-refractivity contribution in [2.75, 3.05) is 24.6 Å². The Labute approximate surface area is 273 Å². The van der Waals surface area contributed by atoms with Gasteiger partial charge in [-0.05, 0) is 43.9 Å². The highest BCUT2D eigenvalue weighted by molar-refractivity contribution is 6.34. The first-order valence-electron chi connectivity index (χ1n) is 15.7. The molecule has 242 valence electrons. The van der Waals surface area contributed by atoms with Crippen molar-refractivity contribution in [2.24, 2.45) is 11.8 Å². The SMILES string of the molecule is Cc1cccc(Cl)c1N1CC=C[C@]23O[C@@H]4/C=C\CCC(=O)N[C@H](C)[C@@H](c5ccccc5)OC(=O)[C@@H]4[C@H]2C(=O)N(CCCO)[C@@H]3C1=O. The van der Waals surface area contributed by atoms with Crippen LogP contribution in [0.3, 0.4) is 0 Å². The number of cyclic esters (lactones) is 1. The molecule has 46 heavy (non-hydrogen) atoms. The maximum Gasteiger partial charge on any atom is 0.313 e. The molecule has 4 aliphatic heterocycles. The summed E-state index contributed by atoms with van der Waals surface area (Å²) < 4.78 is 12.9. The summed E-state index contributed by atoms with van der Waals surface area (Å²) in [6, 6.07) is 12.8. The summed E-state index contributed by atoms with van der Waals surface area (Å²) in [5, 5.41) is 13.1. The minimum absolute atomic E-state index is 0.0918. The predicted octanol–water partition coefficient (Wildman–Crippen LogP) is 3.65. The largest absolute Gasteiger partial charge is 0.455 e. The summed E-state index contributed by atoms with van der Waals surface area (Å²) in [5.74, 6) is -3.81. The van der Waals surface area contributed by atoms with E-state index < -0.39 is 59.5 Å². The van der Waals surface area contributed by atoms with E-state index >= 15 is 0 Å². The number of aliphatic hydroxyl groups is 1. The van der Waals surface area contributed by atoms with E-state index in [1.54, 1.807) is 48.3 Å². The summed E-state index contributed by atoms with van der Waals surface area (Å²) in [5.41, 5.74) is 0.526. The van der Waals surface area contributed by atoms with E-state index in [-0.39, 0.29) is 38.4 Å². The molecule has 2 fully saturated rings. The Morgan fingerprint density at radius 2 is 1.83 bits per heavy atom. The molecular formula is C35H38ClN3O7. The topological polar surface area (TPSA) is 125 Å². The van der Waals surface area contributed by atoms with E-state index in [4.69, 9.17) is 21.1 Å². The number of para-hydroxylation sites is 1. The molecule has 1 spiro atoms. The zero-order valence-corrected chi connectivity index (χ0v) is 26.6. The van der Waals surface area contributed by atoms with Crippen molar-refractivity contribution in [3.63, 3.8) is 0 Å². The molecule has 4 aliphatic rings. The molecule has 7 atom stereocenters. The Hall–Kier alpha value is -3.99. The molecular weight excluding hydrogens is 610 g/mol. The number of carbonyl (C=O) groups is 4. The number of benzene rings is 2. The Morgan fingerprint density at radius 1 is 1.04 bits per heavy atom. The number of nitrogens with one attached hydrogen (secondary N) is 1. The maximum absolute atomic E-state index is 14.6. The van der Waals surface area contributed by atoms with Gasteiger partial charge in [-0.25, -0.2) is 0 Å². The highest BCUT2D eigenvalue weighted by atomic mass is 35.5. The van der Waals surface area contributed by atoms with Crippen molar-refractivity contribution in [1.29, 1.82) is 0 Å². The van der Waals surface area contributed by atoms with Gasteiger partial charge < -0.3 is 29.7 Å². The van der Waals surface area contributed by atoms with Crippen LogP contribution in [0.15, 0.2) is 72.8 Å². The van der Waals surface area contributed by atoms with Gasteiger partial charge in [0.05, 0.1) is 28.8 Å². The number of halogens is 1. The number of nitrogens with zero attached hydrogens (tertiary/aromatic N) is 2. The zero-order valence-electron chi connectivity index (χ0n) is 25.8. The summed E-state index contributed by atoms with van der Waals surface area (Å²) in [6.07, 6.45) is 6.12. The van der Waals surface area contributed by atoms with E-state index in [1.807, 2.05) is 43.3 Å². The number of hydrogen-bond donors (Lipinski definition) is 2. The summed E-state index contributed by atoms with van der Waals surface area (Å²) in [7, 11) is 0. The van der Waals surface area contributed by atoms with Crippen molar-refractivity contribution in [3.05, 3.63) is 89.0 Å². The van der Waals surface area contributed by atoms with Gasteiger partial charge in [0.25, 0.3) is 5.91 Å². The van der Waals surface area contributed by atoms with Crippen LogP contribution < -0.4 is 10.2 Å². The normalized spacial score (nSPS) is 32.0. The number of allylic oxidation sites excluding steroid dienone is 1. The second-order valence-electron chi connectivity index (χ2n) is 12.3. The molecule has 0 saturated carbocycles. The number of ether oxygens (including phenoxy) is 2. The van der Waals surface area contributed by atoms with Crippen molar-refractivity contribution in [2.45, 2.75) is 63.0 Å². The molecule has 10 nitrogen and oxygen atoms in total. The van der Waals surface area contributed by atoms with Crippen LogP contribution in [0.5, 0.6) is 0 Å². The number of carbonyl (C=O) groups excluding carboxylic acids is 4. The van der Waals surface area contributed by atoms with Crippen molar-refractivity contribution in [3.8, 4) is 0 Å². The minimum atomic E-state index is -1.49. The Bertz CT molecular complexity index is 1560. The third-order valence-corrected chi connectivity index (χ3v) is 9.66. The molecule has 2 aromatic carbocycles. The van der Waals surface area contributed by atoms with Crippen LogP contribution in [-0.4, -0.2) is 77.2 Å². The summed E-state index contributed by atoms with van der Waals surface area (Å²) in [4.78, 5) is 59.2. The Kier molecular flexibility index (Phi) is 9.05. The molecule has 4 heterocycles. The van der Waals surface area contributed by atoms with Gasteiger partial charge in [-0.1, -0.05) is 78.4 Å². The fraction of sp³-hybridized carbons (Fsp3) is 0.429. The highest BCUT2D eigenvalue weighted by Gasteiger charge is 2.72. The maximum atomic E-state index is 14.6. The summed E-state index contributed by atoms with van der Waals surface area (Å²) in [6.45, 7) is 3.72. The molecule has 0 aliphatic carbocycles. The van der Waals surface area contributed by atoms with Crippen LogP contribution in [0.25, 0.3) is 0 Å². The highest BCUT2D eigenvalue weighted by Crippen LogP contribution is 2.54. The second-order valence-corrected chi connectivity index (χ2v) is 12.7. The number of esters is 1. The van der Waals surface area contributed by atoms with Gasteiger partial charge in [-0.15, -0.1) is 0 Å². The monoisotopic (exact) mass is 647 g/mol. The molecule has 2 aromatic rings. The number of fused-ring (bicyclic) bond motifs is 2. The van der Waals surface area contributed by atoms with Crippen LogP contribution in [0.1, 0.15) is 43.4 Å². The van der Waals surface area contributed by atoms with E-state index in [9.17, 15) is 24.3 Å². The number of aliphatic hydroxyl groups excluding tert-OH is 1. The van der Waals surface area contributed by atoms with Crippen LogP contribution in [0.2, 0.25) is 5.02 Å². The van der Waals surface area contributed by atoms with Crippen LogP contribution in [0, 0.1) is 18.8 Å². The van der Waals surface area contributed by atoms with E-state index in [2.05, 4.69) is 5.32 Å². The number of rotatable bonds is 5. The van der Waals surface area contributed by atoms with E-state index in [1.165, 1.54) is 4.90 Å². The third kappa shape index (κ3) is 5.52. The molecule has 0 aromatic heterocycles. The Morgan fingerprint density at radius 3 is 2.57 bits per heavy atom. The number of hydrogen-bond acceptors (Lipinski definition) is 7. The number of amides is 3. The lowest BCUT2D eigenvalue weighted by Gasteiger charge is -2.36. The summed E-state index contributed by atoms with van der Waals surface area (Å²) >= 11 is 6.62. The van der Waals surface area contributed by atoms with E-state index in [0.717, 1.165) is 5.56 Å². The molecule has 0 unspecified atom stereocenters. The zero-order chi connectivity index (χ0) is 32.6. The predicted molar refractivity (Wildman–Crippen MR) is 171 cm³/mol. The van der Waals surface area contributed by atoms with Crippen LogP contribution in [-0.2, 0) is 28.7 Å². The van der Waals surface area contributed by atoms with Crippen molar-refractivity contribution < 1.29 is 33.8 Å². The van der Waals surface area contributed by atoms with Crippen molar-refractivity contribution in [1.82, 2.24) is 10.2 Å². The second kappa shape index (κ2) is 13.0. The number of aryl methyl sites for hydroxylation is 1. The molecule has 11 heteroatoms. The van der Waals surface area contributed by atoms with Crippen LogP contribution >= 0.6 is 11.6 Å². The molecule has 2 N–H and O–H groups in total. The molecule has 0 bridgehead atoms. The lowest BCUT2D eigenvalue weighted by Crippen LogP contribution is -2.55. The minimum Gasteiger partial charge on any atom is -0.455 e. The molecule has 2 saturated heterocycles. The average molecular weight is 648 g/mol. The fourth-order valence-corrected chi connectivity index (χ4v) is 7.68. The third-order valence-electron chi connectivity index (χ3n) is 9.36. The van der Waals surface area contributed by atoms with Gasteiger partial charge in [-0.3, -0.25) is 19.2 Å². The van der Waals surface area contributed by atoms with E-state index in [0.29, 0.717) is 22.7 Å². The van der Waals surface area contributed by atoms with Crippen molar-refractivity contribution >= 4 is 41.0 Å². The van der Waals surface area contributed by atoms with Gasteiger partial charge in [0.2, 0.25) is 11.8 Å². The van der Waals surface area contributed by atoms with Crippen LogP contribution in [0.4, 0.5) is 5.69 Å². The molecule has 0 radical (unpaired) electrons. The standard InChI is InChI=1S/C35H38ClN3O7/c1-21-11-8-14-24(36)29(21)38-18-9-17-35-28(32(42)39(19-10-20-40)31(35)33(38)43)27-25(46-35)15-6-7-16-26(41)37-22(2)30(45-34(27)44)23-12-4-3-5-13-23/h3-6,8-9,11-15,17,22,25,27-28,30-31,40H,7,10,16,18-20H2,1-2H3,(H,37,41)/b15-6-/t22-,25-,27+,28+,30+,31-,35+/m1/s1. The lowest BCUT2D eigenvalue weighted by atomic mass is 9.77. The number of anilines is 1. The first kappa shape index (κ1) is 32.0. The van der Waals surface area contributed by atoms with Gasteiger partial charge in [-0.2, -0.15) is 0 Å². The first-order chi connectivity index (χ1) is 22.2. The fourth-order valence-electron chi connectivity index (χ4n) is 7.35. The molecule has 6 rings (SSSR count).